The summed E-state index contributed by atoms with van der Waals surface area (Å²) in [5.41, 5.74) is 0.338. The molecule has 1 aromatic heterocycles. The molecule has 2 saturated heterocycles. The molecule has 3 rings (SSSR count). The molecule has 3 atom stereocenters. The van der Waals surface area contributed by atoms with Gasteiger partial charge < -0.3 is 4.74 Å². The molecule has 1 unspecified atom stereocenters. The number of hydrogen-bond acceptors (Lipinski definition) is 4. The Hall–Kier alpha value is -1.36. The second-order valence-corrected chi connectivity index (χ2v) is 5.02. The van der Waals surface area contributed by atoms with Crippen LogP contribution in [0.1, 0.15) is 25.5 Å². The third-order valence-electron chi connectivity index (χ3n) is 3.88. The van der Waals surface area contributed by atoms with Gasteiger partial charge in [-0.25, -0.2) is 0 Å². The molecule has 0 radical (unpaired) electrons. The number of nitrogens with zero attached hydrogens (tertiary/aromatic N) is 2. The van der Waals surface area contributed by atoms with Gasteiger partial charge in [0.15, 0.2) is 5.60 Å². The summed E-state index contributed by atoms with van der Waals surface area (Å²) in [4.78, 5) is 13.8. The molecule has 92 valence electrons. The van der Waals surface area contributed by atoms with Gasteiger partial charge in [0.25, 0.3) is 0 Å². The number of H-pyrrole nitrogens is 1. The lowest BCUT2D eigenvalue weighted by Crippen LogP contribution is -2.39. The molecule has 0 amide bonds. The third kappa shape index (κ3) is 1.65. The van der Waals surface area contributed by atoms with Crippen LogP contribution in [-0.4, -0.2) is 40.7 Å². The van der Waals surface area contributed by atoms with Gasteiger partial charge in [0.1, 0.15) is 5.69 Å². The summed E-state index contributed by atoms with van der Waals surface area (Å²) in [7, 11) is 0. The van der Waals surface area contributed by atoms with E-state index in [1.54, 1.807) is 6.20 Å². The van der Waals surface area contributed by atoms with Crippen LogP contribution < -0.4 is 0 Å². The molecule has 1 N–H and O–H groups in total. The Balaban J connectivity index is 1.99. The summed E-state index contributed by atoms with van der Waals surface area (Å²) >= 11 is 0. The number of esters is 1. The van der Waals surface area contributed by atoms with Crippen molar-refractivity contribution in [3.63, 3.8) is 0 Å². The summed E-state index contributed by atoms with van der Waals surface area (Å²) in [6, 6.07) is 1.92. The van der Waals surface area contributed by atoms with E-state index in [2.05, 4.69) is 15.1 Å². The molecule has 2 aliphatic heterocycles. The van der Waals surface area contributed by atoms with Crippen molar-refractivity contribution in [3.05, 3.63) is 18.0 Å². The van der Waals surface area contributed by atoms with Crippen molar-refractivity contribution in [3.8, 4) is 0 Å². The maximum atomic E-state index is 11.4. The van der Waals surface area contributed by atoms with Crippen molar-refractivity contribution in [2.45, 2.75) is 25.4 Å². The van der Waals surface area contributed by atoms with Gasteiger partial charge in [-0.1, -0.05) is 0 Å². The smallest absolute Gasteiger partial charge is 0.303 e. The van der Waals surface area contributed by atoms with Crippen LogP contribution in [0.15, 0.2) is 12.3 Å². The molecule has 5 heteroatoms. The van der Waals surface area contributed by atoms with Crippen molar-refractivity contribution in [1.82, 2.24) is 15.1 Å². The van der Waals surface area contributed by atoms with Crippen LogP contribution >= 0.6 is 0 Å². The zero-order valence-corrected chi connectivity index (χ0v) is 9.98. The number of piperidine rings is 1. The van der Waals surface area contributed by atoms with Crippen LogP contribution in [-0.2, 0) is 15.1 Å². The van der Waals surface area contributed by atoms with Crippen molar-refractivity contribution >= 4 is 5.97 Å². The molecule has 0 spiro atoms. The topological polar surface area (TPSA) is 58.2 Å². The average Bonchev–Trinajstić information content (AvgIpc) is 2.87. The van der Waals surface area contributed by atoms with E-state index < -0.39 is 5.60 Å². The fourth-order valence-corrected chi connectivity index (χ4v) is 3.25. The van der Waals surface area contributed by atoms with Gasteiger partial charge in [0.05, 0.1) is 0 Å². The molecule has 3 heterocycles. The Morgan fingerprint density at radius 3 is 3.24 bits per heavy atom. The number of fused-ring (bicyclic) bond motifs is 2. The van der Waals surface area contributed by atoms with Gasteiger partial charge in [-0.2, -0.15) is 5.10 Å². The first-order valence-electron chi connectivity index (χ1n) is 6.13. The Morgan fingerprint density at radius 1 is 1.71 bits per heavy atom. The fourth-order valence-electron chi connectivity index (χ4n) is 3.25. The van der Waals surface area contributed by atoms with E-state index in [0.717, 1.165) is 31.7 Å². The number of carbonyl (C=O) groups excluding carboxylic acids is 1. The van der Waals surface area contributed by atoms with Gasteiger partial charge >= 0.3 is 5.97 Å². The average molecular weight is 235 g/mol. The summed E-state index contributed by atoms with van der Waals surface area (Å²) in [6.45, 7) is 4.37. The first kappa shape index (κ1) is 10.8. The molecule has 0 aliphatic carbocycles. The van der Waals surface area contributed by atoms with Crippen molar-refractivity contribution in [1.29, 1.82) is 0 Å². The number of ether oxygens (including phenoxy) is 1. The van der Waals surface area contributed by atoms with Gasteiger partial charge in [-0.05, 0) is 25.5 Å². The molecule has 0 aromatic carbocycles. The van der Waals surface area contributed by atoms with Crippen LogP contribution in [0.2, 0.25) is 0 Å². The highest BCUT2D eigenvalue weighted by Crippen LogP contribution is 2.44. The van der Waals surface area contributed by atoms with Crippen LogP contribution in [0.4, 0.5) is 0 Å². The second-order valence-electron chi connectivity index (χ2n) is 5.02. The fraction of sp³-hybridized carbons (Fsp3) is 0.667. The summed E-state index contributed by atoms with van der Waals surface area (Å²) in [5.74, 6) is 0.158. The lowest BCUT2D eigenvalue weighted by atomic mass is 9.84. The van der Waals surface area contributed by atoms with Gasteiger partial charge in [0.2, 0.25) is 0 Å². The van der Waals surface area contributed by atoms with Crippen LogP contribution in [0.25, 0.3) is 0 Å². The van der Waals surface area contributed by atoms with E-state index in [9.17, 15) is 4.79 Å². The maximum Gasteiger partial charge on any atom is 0.303 e. The molecule has 17 heavy (non-hydrogen) atoms. The molecule has 2 bridgehead atoms. The normalized spacial score (nSPS) is 35.8. The van der Waals surface area contributed by atoms with E-state index in [1.807, 2.05) is 6.07 Å². The van der Waals surface area contributed by atoms with Crippen molar-refractivity contribution in [2.75, 3.05) is 19.6 Å². The molecule has 1 aromatic rings. The molecule has 2 fully saturated rings. The van der Waals surface area contributed by atoms with Crippen molar-refractivity contribution in [2.24, 2.45) is 5.92 Å². The van der Waals surface area contributed by atoms with E-state index in [4.69, 9.17) is 4.74 Å². The van der Waals surface area contributed by atoms with E-state index >= 15 is 0 Å². The van der Waals surface area contributed by atoms with Crippen LogP contribution in [0.5, 0.6) is 0 Å². The van der Waals surface area contributed by atoms with Gasteiger partial charge in [0, 0.05) is 32.1 Å². The van der Waals surface area contributed by atoms with Crippen LogP contribution in [0.3, 0.4) is 0 Å². The second kappa shape index (κ2) is 3.84. The minimum atomic E-state index is -0.525. The Labute approximate surface area is 100 Å². The summed E-state index contributed by atoms with van der Waals surface area (Å²) < 4.78 is 5.69. The molecular formula is C12H17N3O2. The SMILES string of the molecule is CC(=O)O[C@]1(c2cc[nH]n2)CN2CCC[C@H]1C2. The first-order chi connectivity index (χ1) is 8.21. The molecule has 0 saturated carbocycles. The lowest BCUT2D eigenvalue weighted by molar-refractivity contribution is -0.161. The Kier molecular flexibility index (Phi) is 2.43. The predicted molar refractivity (Wildman–Crippen MR) is 61.2 cm³/mol. The van der Waals surface area contributed by atoms with Gasteiger partial charge in [-0.3, -0.25) is 14.8 Å². The predicted octanol–water partition coefficient (Wildman–Crippen LogP) is 0.894. The highest BCUT2D eigenvalue weighted by molar-refractivity contribution is 5.67. The monoisotopic (exact) mass is 235 g/mol. The number of nitrogens with one attached hydrogen (secondary N) is 1. The first-order valence-corrected chi connectivity index (χ1v) is 6.13. The largest absolute Gasteiger partial charge is 0.451 e. The van der Waals surface area contributed by atoms with E-state index in [-0.39, 0.29) is 5.97 Å². The number of aromatic nitrogens is 2. The zero-order valence-electron chi connectivity index (χ0n) is 9.98. The number of hydrogen-bond donors (Lipinski definition) is 1. The van der Waals surface area contributed by atoms with E-state index in [1.165, 1.54) is 13.3 Å². The molecule has 2 aliphatic rings. The quantitative estimate of drug-likeness (QED) is 0.774. The number of rotatable bonds is 2. The zero-order chi connectivity index (χ0) is 11.9. The standard InChI is InChI=1S/C12H17N3O2/c1-9(16)17-12(11-4-5-13-14-11)8-15-6-2-3-10(12)7-15/h4-5,10H,2-3,6-8H2,1H3,(H,13,14)/t10-,12+/m0/s1. The summed E-state index contributed by atoms with van der Waals surface area (Å²) in [6.07, 6.45) is 4.08. The summed E-state index contributed by atoms with van der Waals surface area (Å²) in [5, 5.41) is 7.08. The Bertz CT molecular complexity index is 417. The minimum absolute atomic E-state index is 0.221. The molecule has 5 nitrogen and oxygen atoms in total. The number of carbonyl (C=O) groups is 1. The minimum Gasteiger partial charge on any atom is -0.451 e. The Morgan fingerprint density at radius 2 is 2.59 bits per heavy atom. The van der Waals surface area contributed by atoms with E-state index in [0.29, 0.717) is 5.92 Å². The highest BCUT2D eigenvalue weighted by atomic mass is 16.6. The lowest BCUT2D eigenvalue weighted by Gasteiger charge is -2.31. The highest BCUT2D eigenvalue weighted by Gasteiger charge is 2.53. The molecular weight excluding hydrogens is 218 g/mol. The van der Waals surface area contributed by atoms with Gasteiger partial charge in [-0.15, -0.1) is 0 Å². The van der Waals surface area contributed by atoms with Crippen LogP contribution in [0, 0.1) is 5.92 Å². The third-order valence-corrected chi connectivity index (χ3v) is 3.88. The van der Waals surface area contributed by atoms with Crippen molar-refractivity contribution < 1.29 is 9.53 Å². The number of aromatic amines is 1. The maximum absolute atomic E-state index is 11.4.